The predicted molar refractivity (Wildman–Crippen MR) is 72.0 cm³/mol. The van der Waals surface area contributed by atoms with Crippen molar-refractivity contribution in [2.24, 2.45) is 0 Å². The zero-order chi connectivity index (χ0) is 13.4. The summed E-state index contributed by atoms with van der Waals surface area (Å²) in [4.78, 5) is 14.1. The predicted octanol–water partition coefficient (Wildman–Crippen LogP) is 0.955. The SMILES string of the molecule is COc1ccc(OC)c2c1CCC1CNCC(=O)N21. The molecule has 1 amide bonds. The van der Waals surface area contributed by atoms with Crippen LogP contribution < -0.4 is 19.7 Å². The lowest BCUT2D eigenvalue weighted by Crippen LogP contribution is -2.57. The molecule has 0 bridgehead atoms. The maximum atomic E-state index is 12.2. The van der Waals surface area contributed by atoms with E-state index in [9.17, 15) is 4.79 Å². The van der Waals surface area contributed by atoms with Gasteiger partial charge >= 0.3 is 0 Å². The first-order valence-corrected chi connectivity index (χ1v) is 6.53. The Hall–Kier alpha value is -1.75. The van der Waals surface area contributed by atoms with Crippen molar-refractivity contribution in [3.05, 3.63) is 17.7 Å². The van der Waals surface area contributed by atoms with Crippen LogP contribution in [0.25, 0.3) is 0 Å². The summed E-state index contributed by atoms with van der Waals surface area (Å²) in [5, 5.41) is 3.17. The molecule has 0 aromatic heterocycles. The molecule has 102 valence electrons. The monoisotopic (exact) mass is 262 g/mol. The average Bonchev–Trinajstić information content (AvgIpc) is 2.45. The van der Waals surface area contributed by atoms with E-state index in [1.54, 1.807) is 14.2 Å². The molecule has 1 saturated heterocycles. The van der Waals surface area contributed by atoms with Crippen molar-refractivity contribution in [2.75, 3.05) is 32.2 Å². The van der Waals surface area contributed by atoms with Gasteiger partial charge < -0.3 is 19.7 Å². The van der Waals surface area contributed by atoms with Crippen molar-refractivity contribution in [3.8, 4) is 11.5 Å². The van der Waals surface area contributed by atoms with E-state index < -0.39 is 0 Å². The van der Waals surface area contributed by atoms with Crippen LogP contribution in [-0.2, 0) is 11.2 Å². The van der Waals surface area contributed by atoms with Gasteiger partial charge in [-0.15, -0.1) is 0 Å². The summed E-state index contributed by atoms with van der Waals surface area (Å²) in [6.07, 6.45) is 1.86. The molecule has 0 aliphatic carbocycles. The number of nitrogens with zero attached hydrogens (tertiary/aromatic N) is 1. The van der Waals surface area contributed by atoms with Crippen LogP contribution in [0.4, 0.5) is 5.69 Å². The number of fused-ring (bicyclic) bond motifs is 3. The van der Waals surface area contributed by atoms with Gasteiger partial charge in [-0.05, 0) is 25.0 Å². The van der Waals surface area contributed by atoms with Crippen molar-refractivity contribution in [2.45, 2.75) is 18.9 Å². The lowest BCUT2D eigenvalue weighted by atomic mass is 9.93. The number of hydrogen-bond donors (Lipinski definition) is 1. The Labute approximate surface area is 112 Å². The fraction of sp³-hybridized carbons (Fsp3) is 0.500. The number of anilines is 1. The quantitative estimate of drug-likeness (QED) is 0.862. The van der Waals surface area contributed by atoms with E-state index in [0.717, 1.165) is 42.1 Å². The van der Waals surface area contributed by atoms with E-state index in [0.29, 0.717) is 6.54 Å². The minimum atomic E-state index is 0.101. The number of piperazine rings is 1. The summed E-state index contributed by atoms with van der Waals surface area (Å²) in [5.74, 6) is 1.68. The second-order valence-electron chi connectivity index (χ2n) is 4.88. The van der Waals surface area contributed by atoms with E-state index in [-0.39, 0.29) is 11.9 Å². The number of carbonyl (C=O) groups excluding carboxylic acids is 1. The Kier molecular flexibility index (Phi) is 3.06. The van der Waals surface area contributed by atoms with Crippen LogP contribution in [0.2, 0.25) is 0 Å². The van der Waals surface area contributed by atoms with E-state index in [4.69, 9.17) is 9.47 Å². The van der Waals surface area contributed by atoms with Crippen LogP contribution in [0.15, 0.2) is 12.1 Å². The van der Waals surface area contributed by atoms with Crippen molar-refractivity contribution in [1.29, 1.82) is 0 Å². The average molecular weight is 262 g/mol. The van der Waals surface area contributed by atoms with Crippen LogP contribution >= 0.6 is 0 Å². The van der Waals surface area contributed by atoms with Crippen molar-refractivity contribution in [3.63, 3.8) is 0 Å². The van der Waals surface area contributed by atoms with Gasteiger partial charge in [0, 0.05) is 18.2 Å². The van der Waals surface area contributed by atoms with Crippen LogP contribution in [0.5, 0.6) is 11.5 Å². The van der Waals surface area contributed by atoms with Gasteiger partial charge in [0.15, 0.2) is 0 Å². The number of methoxy groups -OCH3 is 2. The van der Waals surface area contributed by atoms with Gasteiger partial charge in [0.1, 0.15) is 11.5 Å². The summed E-state index contributed by atoms with van der Waals surface area (Å²) in [5.41, 5.74) is 1.97. The number of carbonyl (C=O) groups is 1. The van der Waals surface area contributed by atoms with Crippen LogP contribution in [0.3, 0.4) is 0 Å². The fourth-order valence-electron chi connectivity index (χ4n) is 3.03. The molecule has 19 heavy (non-hydrogen) atoms. The Morgan fingerprint density at radius 1 is 1.26 bits per heavy atom. The third-order valence-electron chi connectivity index (χ3n) is 3.90. The highest BCUT2D eigenvalue weighted by atomic mass is 16.5. The Morgan fingerprint density at radius 2 is 2.00 bits per heavy atom. The van der Waals surface area contributed by atoms with E-state index >= 15 is 0 Å². The molecule has 1 aromatic rings. The molecule has 0 spiro atoms. The number of rotatable bonds is 2. The van der Waals surface area contributed by atoms with Gasteiger partial charge in [0.25, 0.3) is 0 Å². The van der Waals surface area contributed by atoms with E-state index in [1.165, 1.54) is 0 Å². The molecular formula is C14H18N2O3. The molecule has 1 fully saturated rings. The molecule has 5 heteroatoms. The topological polar surface area (TPSA) is 50.8 Å². The lowest BCUT2D eigenvalue weighted by Gasteiger charge is -2.41. The smallest absolute Gasteiger partial charge is 0.241 e. The maximum absolute atomic E-state index is 12.2. The highest BCUT2D eigenvalue weighted by molar-refractivity contribution is 5.99. The molecule has 2 aliphatic heterocycles. The molecule has 0 radical (unpaired) electrons. The lowest BCUT2D eigenvalue weighted by molar-refractivity contribution is -0.119. The zero-order valence-electron chi connectivity index (χ0n) is 11.2. The van der Waals surface area contributed by atoms with Crippen LogP contribution in [0, 0.1) is 0 Å². The van der Waals surface area contributed by atoms with Gasteiger partial charge in [-0.3, -0.25) is 4.79 Å². The van der Waals surface area contributed by atoms with Crippen molar-refractivity contribution in [1.82, 2.24) is 5.32 Å². The molecule has 1 N–H and O–H groups in total. The maximum Gasteiger partial charge on any atom is 0.241 e. The summed E-state index contributed by atoms with van der Waals surface area (Å²) in [7, 11) is 3.30. The highest BCUT2D eigenvalue weighted by Crippen LogP contribution is 2.43. The first kappa shape index (κ1) is 12.3. The minimum absolute atomic E-state index is 0.101. The first-order chi connectivity index (χ1) is 9.26. The Bertz CT molecular complexity index is 516. The second kappa shape index (κ2) is 4.74. The number of nitrogens with one attached hydrogen (secondary N) is 1. The number of hydrogen-bond acceptors (Lipinski definition) is 4. The zero-order valence-corrected chi connectivity index (χ0v) is 11.2. The minimum Gasteiger partial charge on any atom is -0.496 e. The van der Waals surface area contributed by atoms with Crippen LogP contribution in [-0.4, -0.2) is 39.3 Å². The third-order valence-corrected chi connectivity index (χ3v) is 3.90. The van der Waals surface area contributed by atoms with Crippen molar-refractivity contribution < 1.29 is 14.3 Å². The highest BCUT2D eigenvalue weighted by Gasteiger charge is 2.37. The standard InChI is InChI=1S/C14H18N2O3/c1-18-11-5-6-12(19-2)14-10(11)4-3-9-7-15-8-13(17)16(9)14/h5-6,9,15H,3-4,7-8H2,1-2H3. The van der Waals surface area contributed by atoms with Gasteiger partial charge in [0.2, 0.25) is 5.91 Å². The first-order valence-electron chi connectivity index (χ1n) is 6.53. The van der Waals surface area contributed by atoms with E-state index in [2.05, 4.69) is 5.32 Å². The summed E-state index contributed by atoms with van der Waals surface area (Å²) < 4.78 is 10.9. The number of ether oxygens (including phenoxy) is 2. The molecular weight excluding hydrogens is 244 g/mol. The molecule has 2 aliphatic rings. The van der Waals surface area contributed by atoms with Crippen LogP contribution in [0.1, 0.15) is 12.0 Å². The molecule has 1 atom stereocenters. The Morgan fingerprint density at radius 3 is 2.74 bits per heavy atom. The van der Waals surface area contributed by atoms with Gasteiger partial charge in [-0.2, -0.15) is 0 Å². The van der Waals surface area contributed by atoms with Gasteiger partial charge in [0.05, 0.1) is 26.5 Å². The Balaban J connectivity index is 2.16. The number of benzene rings is 1. The fourth-order valence-corrected chi connectivity index (χ4v) is 3.03. The number of amides is 1. The largest absolute Gasteiger partial charge is 0.496 e. The molecule has 1 aromatic carbocycles. The molecule has 3 rings (SSSR count). The summed E-state index contributed by atoms with van der Waals surface area (Å²) >= 11 is 0. The molecule has 2 heterocycles. The molecule has 5 nitrogen and oxygen atoms in total. The van der Waals surface area contributed by atoms with E-state index in [1.807, 2.05) is 17.0 Å². The van der Waals surface area contributed by atoms with Crippen molar-refractivity contribution >= 4 is 11.6 Å². The summed E-state index contributed by atoms with van der Waals surface area (Å²) in [6, 6.07) is 4.00. The molecule has 0 saturated carbocycles. The van der Waals surface area contributed by atoms with Gasteiger partial charge in [-0.25, -0.2) is 0 Å². The normalized spacial score (nSPS) is 21.7. The molecule has 1 unspecified atom stereocenters. The third kappa shape index (κ3) is 1.85. The summed E-state index contributed by atoms with van der Waals surface area (Å²) in [6.45, 7) is 1.22. The van der Waals surface area contributed by atoms with Gasteiger partial charge in [-0.1, -0.05) is 0 Å². The second-order valence-corrected chi connectivity index (χ2v) is 4.88.